The normalized spacial score (nSPS) is 17.0. The van der Waals surface area contributed by atoms with Crippen molar-refractivity contribution in [3.8, 4) is 5.75 Å². The van der Waals surface area contributed by atoms with E-state index in [1.54, 1.807) is 12.1 Å². The zero-order valence-corrected chi connectivity index (χ0v) is 15.9. The summed E-state index contributed by atoms with van der Waals surface area (Å²) in [6.07, 6.45) is 4.93. The predicted octanol–water partition coefficient (Wildman–Crippen LogP) is 4.03. The van der Waals surface area contributed by atoms with Crippen LogP contribution in [0.2, 0.25) is 0 Å². The van der Waals surface area contributed by atoms with Crippen molar-refractivity contribution in [3.05, 3.63) is 71.3 Å². The average Bonchev–Trinajstić information content (AvgIpc) is 2.91. The van der Waals surface area contributed by atoms with Gasteiger partial charge in [0.05, 0.1) is 16.8 Å². The average molecular weight is 373 g/mol. The molecule has 0 spiro atoms. The quantitative estimate of drug-likeness (QED) is 0.353. The Labute approximate surface area is 162 Å². The number of hydrogen-bond acceptors (Lipinski definition) is 4. The largest absolute Gasteiger partial charge is 0.423 e. The molecule has 2 aromatic rings. The second kappa shape index (κ2) is 6.30. The standard InChI is InChI=1S/C23H19NO4/c1-14-13-23(2,3)24-20-17(14)11-16(12-18(20)21(26)22(24)27)28-19(25)10-9-15-7-5-4-6-8-15/h4-13H,1-3H3/b10-9+. The third-order valence-electron chi connectivity index (χ3n) is 4.95. The van der Waals surface area contributed by atoms with Gasteiger partial charge in [-0.1, -0.05) is 36.4 Å². The van der Waals surface area contributed by atoms with Crippen molar-refractivity contribution >= 4 is 35.0 Å². The first-order chi connectivity index (χ1) is 13.3. The van der Waals surface area contributed by atoms with Gasteiger partial charge >= 0.3 is 5.97 Å². The Morgan fingerprint density at radius 3 is 2.46 bits per heavy atom. The Morgan fingerprint density at radius 2 is 1.75 bits per heavy atom. The number of rotatable bonds is 3. The molecule has 1 amide bonds. The van der Waals surface area contributed by atoms with E-state index < -0.39 is 23.2 Å². The van der Waals surface area contributed by atoms with Gasteiger partial charge in [-0.2, -0.15) is 0 Å². The third kappa shape index (κ3) is 2.85. The SMILES string of the molecule is CC1=CC(C)(C)N2C(=O)C(=O)c3cc(OC(=O)/C=C/c4ccccc4)cc1c32. The van der Waals surface area contributed by atoms with Crippen LogP contribution in [-0.2, 0) is 9.59 Å². The lowest BCUT2D eigenvalue weighted by atomic mass is 9.89. The fraction of sp³-hybridized carbons (Fsp3) is 0.174. The van der Waals surface area contributed by atoms with Gasteiger partial charge in [0.25, 0.3) is 11.7 Å². The maximum atomic E-state index is 12.5. The molecule has 0 fully saturated rings. The number of carbonyl (C=O) groups is 3. The summed E-state index contributed by atoms with van der Waals surface area (Å²) in [6, 6.07) is 12.6. The van der Waals surface area contributed by atoms with E-state index >= 15 is 0 Å². The lowest BCUT2D eigenvalue weighted by Crippen LogP contribution is -2.47. The lowest BCUT2D eigenvalue weighted by molar-refractivity contribution is -0.128. The lowest BCUT2D eigenvalue weighted by Gasteiger charge is -2.38. The molecule has 4 rings (SSSR count). The van der Waals surface area contributed by atoms with Crippen molar-refractivity contribution < 1.29 is 19.1 Å². The number of allylic oxidation sites excluding steroid dienone is 1. The van der Waals surface area contributed by atoms with E-state index in [9.17, 15) is 14.4 Å². The summed E-state index contributed by atoms with van der Waals surface area (Å²) in [5, 5.41) is 0. The molecule has 5 nitrogen and oxygen atoms in total. The van der Waals surface area contributed by atoms with Crippen LogP contribution in [-0.4, -0.2) is 23.2 Å². The molecular formula is C23H19NO4. The summed E-state index contributed by atoms with van der Waals surface area (Å²) in [7, 11) is 0. The number of anilines is 1. The molecule has 2 heterocycles. The number of nitrogens with zero attached hydrogens (tertiary/aromatic N) is 1. The second-order valence-corrected chi connectivity index (χ2v) is 7.48. The topological polar surface area (TPSA) is 63.7 Å². The molecule has 0 saturated heterocycles. The Hall–Kier alpha value is -3.47. The molecule has 140 valence electrons. The van der Waals surface area contributed by atoms with Crippen LogP contribution in [0.5, 0.6) is 5.75 Å². The van der Waals surface area contributed by atoms with E-state index in [0.717, 1.165) is 16.7 Å². The summed E-state index contributed by atoms with van der Waals surface area (Å²) in [5.41, 5.74) is 2.81. The number of carbonyl (C=O) groups excluding carboxylic acids is 3. The molecule has 0 aliphatic carbocycles. The van der Waals surface area contributed by atoms with Crippen LogP contribution in [0, 0.1) is 0 Å². The number of hydrogen-bond donors (Lipinski definition) is 0. The number of esters is 1. The molecule has 2 aliphatic heterocycles. The molecule has 28 heavy (non-hydrogen) atoms. The molecule has 2 aliphatic rings. The van der Waals surface area contributed by atoms with E-state index in [2.05, 4.69) is 0 Å². The Kier molecular flexibility index (Phi) is 4.03. The van der Waals surface area contributed by atoms with Gasteiger partial charge in [0.1, 0.15) is 5.75 Å². The van der Waals surface area contributed by atoms with Crippen molar-refractivity contribution in [3.63, 3.8) is 0 Å². The summed E-state index contributed by atoms with van der Waals surface area (Å²) in [6.45, 7) is 5.70. The highest BCUT2D eigenvalue weighted by Gasteiger charge is 2.46. The van der Waals surface area contributed by atoms with Crippen LogP contribution >= 0.6 is 0 Å². The fourth-order valence-corrected chi connectivity index (χ4v) is 3.80. The number of ketones is 1. The minimum absolute atomic E-state index is 0.243. The van der Waals surface area contributed by atoms with Gasteiger partial charge in [-0.3, -0.25) is 14.5 Å². The van der Waals surface area contributed by atoms with Crippen LogP contribution in [0.15, 0.2) is 54.6 Å². The van der Waals surface area contributed by atoms with Gasteiger partial charge in [-0.15, -0.1) is 0 Å². The molecular weight excluding hydrogens is 354 g/mol. The van der Waals surface area contributed by atoms with Crippen molar-refractivity contribution in [1.82, 2.24) is 0 Å². The molecule has 0 saturated carbocycles. The minimum Gasteiger partial charge on any atom is -0.423 e. The molecule has 5 heteroatoms. The highest BCUT2D eigenvalue weighted by Crippen LogP contribution is 2.46. The van der Waals surface area contributed by atoms with Crippen LogP contribution < -0.4 is 9.64 Å². The molecule has 0 radical (unpaired) electrons. The summed E-state index contributed by atoms with van der Waals surface area (Å²) in [5.74, 6) is -1.45. The Bertz CT molecular complexity index is 1080. The van der Waals surface area contributed by atoms with E-state index in [4.69, 9.17) is 4.74 Å². The number of benzene rings is 2. The summed E-state index contributed by atoms with van der Waals surface area (Å²) >= 11 is 0. The monoisotopic (exact) mass is 373 g/mol. The second-order valence-electron chi connectivity index (χ2n) is 7.48. The van der Waals surface area contributed by atoms with Crippen LogP contribution in [0.4, 0.5) is 5.69 Å². The van der Waals surface area contributed by atoms with Crippen LogP contribution in [0.1, 0.15) is 42.3 Å². The zero-order chi connectivity index (χ0) is 20.1. The minimum atomic E-state index is -0.592. The molecule has 0 bridgehead atoms. The first-order valence-corrected chi connectivity index (χ1v) is 8.99. The summed E-state index contributed by atoms with van der Waals surface area (Å²) in [4.78, 5) is 38.8. The molecule has 2 aromatic carbocycles. The van der Waals surface area contributed by atoms with Crippen LogP contribution in [0.3, 0.4) is 0 Å². The van der Waals surface area contributed by atoms with E-state index in [0.29, 0.717) is 5.69 Å². The van der Waals surface area contributed by atoms with Gasteiger partial charge in [0.2, 0.25) is 0 Å². The van der Waals surface area contributed by atoms with E-state index in [1.807, 2.05) is 57.2 Å². The third-order valence-corrected chi connectivity index (χ3v) is 4.95. The smallest absolute Gasteiger partial charge is 0.336 e. The molecule has 0 unspecified atom stereocenters. The first-order valence-electron chi connectivity index (χ1n) is 8.99. The van der Waals surface area contributed by atoms with Crippen molar-refractivity contribution in [1.29, 1.82) is 0 Å². The van der Waals surface area contributed by atoms with Crippen LogP contribution in [0.25, 0.3) is 11.6 Å². The van der Waals surface area contributed by atoms with Crippen molar-refractivity contribution in [2.45, 2.75) is 26.3 Å². The maximum absolute atomic E-state index is 12.5. The Morgan fingerprint density at radius 1 is 1.07 bits per heavy atom. The number of amides is 1. The predicted molar refractivity (Wildman–Crippen MR) is 107 cm³/mol. The van der Waals surface area contributed by atoms with Gasteiger partial charge in [0.15, 0.2) is 0 Å². The fourth-order valence-electron chi connectivity index (χ4n) is 3.80. The highest BCUT2D eigenvalue weighted by atomic mass is 16.5. The van der Waals surface area contributed by atoms with Gasteiger partial charge < -0.3 is 4.74 Å². The zero-order valence-electron chi connectivity index (χ0n) is 15.9. The molecule has 0 atom stereocenters. The van der Waals surface area contributed by atoms with E-state index in [1.165, 1.54) is 17.0 Å². The highest BCUT2D eigenvalue weighted by molar-refractivity contribution is 6.53. The molecule has 0 N–H and O–H groups in total. The van der Waals surface area contributed by atoms with Crippen molar-refractivity contribution in [2.24, 2.45) is 0 Å². The Balaban J connectivity index is 1.68. The van der Waals surface area contributed by atoms with Gasteiger partial charge in [0, 0.05) is 11.6 Å². The van der Waals surface area contributed by atoms with E-state index in [-0.39, 0.29) is 11.3 Å². The maximum Gasteiger partial charge on any atom is 0.336 e. The summed E-state index contributed by atoms with van der Waals surface area (Å²) < 4.78 is 5.41. The molecule has 0 aromatic heterocycles. The number of Topliss-reactive ketones (excluding diaryl/α,β-unsaturated/α-hetero) is 1. The first kappa shape index (κ1) is 17.9. The van der Waals surface area contributed by atoms with Crippen molar-refractivity contribution in [2.75, 3.05) is 4.90 Å². The number of ether oxygens (including phenoxy) is 1. The van der Waals surface area contributed by atoms with Gasteiger partial charge in [-0.25, -0.2) is 4.79 Å². The van der Waals surface area contributed by atoms with Gasteiger partial charge in [-0.05, 0) is 50.1 Å².